The lowest BCUT2D eigenvalue weighted by atomic mass is 10.2. The van der Waals surface area contributed by atoms with Crippen molar-refractivity contribution < 1.29 is 27.8 Å². The maximum Gasteiger partial charge on any atom is 0.257 e. The van der Waals surface area contributed by atoms with Crippen molar-refractivity contribution >= 4 is 11.7 Å². The predicted molar refractivity (Wildman–Crippen MR) is 104 cm³/mol. The number of benzene rings is 1. The van der Waals surface area contributed by atoms with Crippen LogP contribution in [0.2, 0.25) is 0 Å². The number of methoxy groups -OCH3 is 1. The highest BCUT2D eigenvalue weighted by Crippen LogP contribution is 2.26. The molecule has 1 N–H and O–H groups in total. The van der Waals surface area contributed by atoms with Crippen LogP contribution in [-0.2, 0) is 11.8 Å². The summed E-state index contributed by atoms with van der Waals surface area (Å²) >= 11 is 0. The molecule has 0 aliphatic carbocycles. The van der Waals surface area contributed by atoms with E-state index in [2.05, 4.69) is 15.4 Å². The molecule has 158 valence electrons. The number of rotatable bonds is 8. The number of amides is 1. The fraction of sp³-hybridized carbons (Fsp3) is 0.250. The van der Waals surface area contributed by atoms with Crippen LogP contribution in [0.3, 0.4) is 0 Å². The second-order valence-electron chi connectivity index (χ2n) is 6.45. The molecule has 2 aromatic heterocycles. The molecule has 0 aliphatic heterocycles. The van der Waals surface area contributed by atoms with Gasteiger partial charge in [0.05, 0.1) is 12.2 Å². The lowest BCUT2D eigenvalue weighted by Gasteiger charge is -2.15. The van der Waals surface area contributed by atoms with Crippen LogP contribution >= 0.6 is 0 Å². The van der Waals surface area contributed by atoms with Gasteiger partial charge in [0.1, 0.15) is 23.5 Å². The number of nitrogens with one attached hydrogen (secondary N) is 1. The van der Waals surface area contributed by atoms with Gasteiger partial charge in [-0.05, 0) is 6.92 Å². The number of anilines is 1. The minimum absolute atomic E-state index is 0.0757. The van der Waals surface area contributed by atoms with Gasteiger partial charge >= 0.3 is 0 Å². The van der Waals surface area contributed by atoms with Gasteiger partial charge < -0.3 is 19.5 Å². The molecule has 8 nitrogen and oxygen atoms in total. The summed E-state index contributed by atoms with van der Waals surface area (Å²) in [7, 11) is 3.24. The standard InChI is InChI=1S/C20H20F2N4O4/c1-12(11-28-3)29-18-6-13(20(27)23-17-4-5-26(2)25-17)7-19(24-18)30-16-9-14(21)8-15(22)10-16/h4-10,12H,11H2,1-3H3,(H,23,25,27)/t12-/m1/s1. The highest BCUT2D eigenvalue weighted by molar-refractivity contribution is 6.04. The van der Waals surface area contributed by atoms with Crippen LogP contribution in [0.15, 0.2) is 42.6 Å². The molecule has 30 heavy (non-hydrogen) atoms. The van der Waals surface area contributed by atoms with Crippen molar-refractivity contribution in [3.05, 3.63) is 59.8 Å². The molecule has 2 heterocycles. The van der Waals surface area contributed by atoms with Gasteiger partial charge in [-0.15, -0.1) is 0 Å². The molecule has 3 rings (SSSR count). The highest BCUT2D eigenvalue weighted by Gasteiger charge is 2.16. The first-order valence-electron chi connectivity index (χ1n) is 8.95. The van der Waals surface area contributed by atoms with Crippen molar-refractivity contribution in [2.75, 3.05) is 19.0 Å². The Morgan fingerprint density at radius 3 is 2.50 bits per heavy atom. The average molecular weight is 418 g/mol. The fourth-order valence-corrected chi connectivity index (χ4v) is 2.58. The monoisotopic (exact) mass is 418 g/mol. The Kier molecular flexibility index (Phi) is 6.58. The molecule has 0 aliphatic rings. The van der Waals surface area contributed by atoms with E-state index < -0.39 is 17.5 Å². The molecule has 0 bridgehead atoms. The molecule has 0 saturated carbocycles. The first kappa shape index (κ1) is 21.2. The molecule has 0 saturated heterocycles. The number of aromatic nitrogens is 3. The van der Waals surface area contributed by atoms with Crippen molar-refractivity contribution in [1.82, 2.24) is 14.8 Å². The van der Waals surface area contributed by atoms with Crippen LogP contribution < -0.4 is 14.8 Å². The molecule has 0 unspecified atom stereocenters. The van der Waals surface area contributed by atoms with Crippen molar-refractivity contribution in [1.29, 1.82) is 0 Å². The number of hydrogen-bond donors (Lipinski definition) is 1. The topological polar surface area (TPSA) is 87.5 Å². The molecule has 0 fully saturated rings. The van der Waals surface area contributed by atoms with E-state index in [0.29, 0.717) is 5.82 Å². The van der Waals surface area contributed by atoms with E-state index in [4.69, 9.17) is 14.2 Å². The highest BCUT2D eigenvalue weighted by atomic mass is 19.1. The summed E-state index contributed by atoms with van der Waals surface area (Å²) in [6.07, 6.45) is 1.31. The number of halogens is 2. The number of carbonyl (C=O) groups is 1. The van der Waals surface area contributed by atoms with E-state index in [1.807, 2.05) is 0 Å². The number of ether oxygens (including phenoxy) is 3. The third-order valence-electron chi connectivity index (χ3n) is 3.78. The fourth-order valence-electron chi connectivity index (χ4n) is 2.58. The summed E-state index contributed by atoms with van der Waals surface area (Å²) in [5, 5.41) is 6.73. The Labute approximate surface area is 171 Å². The summed E-state index contributed by atoms with van der Waals surface area (Å²) in [6.45, 7) is 2.05. The second kappa shape index (κ2) is 9.31. The number of carbonyl (C=O) groups excluding carboxylic acids is 1. The largest absolute Gasteiger partial charge is 0.472 e. The Morgan fingerprint density at radius 2 is 1.87 bits per heavy atom. The van der Waals surface area contributed by atoms with Gasteiger partial charge in [-0.3, -0.25) is 9.48 Å². The molecule has 1 amide bonds. The normalized spacial score (nSPS) is 11.8. The quantitative estimate of drug-likeness (QED) is 0.602. The number of nitrogens with zero attached hydrogens (tertiary/aromatic N) is 3. The number of pyridine rings is 1. The van der Waals surface area contributed by atoms with Crippen LogP contribution in [-0.4, -0.2) is 40.5 Å². The summed E-state index contributed by atoms with van der Waals surface area (Å²) in [5.41, 5.74) is 0.155. The van der Waals surface area contributed by atoms with Gasteiger partial charge in [-0.25, -0.2) is 8.78 Å². The second-order valence-corrected chi connectivity index (χ2v) is 6.45. The van der Waals surface area contributed by atoms with Gasteiger partial charge in [-0.1, -0.05) is 0 Å². The first-order chi connectivity index (χ1) is 14.3. The van der Waals surface area contributed by atoms with E-state index >= 15 is 0 Å². The summed E-state index contributed by atoms with van der Waals surface area (Å²) in [6, 6.07) is 7.10. The lowest BCUT2D eigenvalue weighted by molar-refractivity contribution is 0.0882. The molecule has 3 aromatic rings. The van der Waals surface area contributed by atoms with E-state index in [9.17, 15) is 13.6 Å². The molecule has 0 spiro atoms. The zero-order valence-corrected chi connectivity index (χ0v) is 16.6. The Bertz CT molecular complexity index is 1020. The smallest absolute Gasteiger partial charge is 0.257 e. The Balaban J connectivity index is 1.89. The summed E-state index contributed by atoms with van der Waals surface area (Å²) < 4.78 is 44.6. The van der Waals surface area contributed by atoms with Gasteiger partial charge in [0.2, 0.25) is 11.8 Å². The Hall–Kier alpha value is -3.53. The van der Waals surface area contributed by atoms with Gasteiger partial charge in [0.15, 0.2) is 5.82 Å². The zero-order valence-electron chi connectivity index (χ0n) is 16.6. The third-order valence-corrected chi connectivity index (χ3v) is 3.78. The molecule has 10 heteroatoms. The zero-order chi connectivity index (χ0) is 21.7. The van der Waals surface area contributed by atoms with E-state index in [1.54, 1.807) is 26.2 Å². The lowest BCUT2D eigenvalue weighted by Crippen LogP contribution is -2.19. The molecule has 0 radical (unpaired) electrons. The van der Waals surface area contributed by atoms with E-state index in [1.165, 1.54) is 23.9 Å². The maximum absolute atomic E-state index is 13.5. The van der Waals surface area contributed by atoms with Crippen molar-refractivity contribution in [2.45, 2.75) is 13.0 Å². The molecular formula is C20H20F2N4O4. The number of hydrogen-bond acceptors (Lipinski definition) is 6. The van der Waals surface area contributed by atoms with Crippen molar-refractivity contribution in [2.24, 2.45) is 7.05 Å². The molecule has 1 atom stereocenters. The van der Waals surface area contributed by atoms with Gasteiger partial charge in [0, 0.05) is 56.8 Å². The van der Waals surface area contributed by atoms with Crippen molar-refractivity contribution in [3.8, 4) is 17.5 Å². The molecular weight excluding hydrogens is 398 g/mol. The van der Waals surface area contributed by atoms with Crippen molar-refractivity contribution in [3.63, 3.8) is 0 Å². The summed E-state index contributed by atoms with van der Waals surface area (Å²) in [5.74, 6) is -1.86. The van der Waals surface area contributed by atoms with E-state index in [-0.39, 0.29) is 35.8 Å². The predicted octanol–water partition coefficient (Wildman–Crippen LogP) is 3.55. The van der Waals surface area contributed by atoms with Gasteiger partial charge in [-0.2, -0.15) is 10.1 Å². The van der Waals surface area contributed by atoms with Gasteiger partial charge in [0.25, 0.3) is 5.91 Å². The number of aryl methyl sites for hydroxylation is 1. The third kappa shape index (κ3) is 5.74. The maximum atomic E-state index is 13.5. The minimum Gasteiger partial charge on any atom is -0.472 e. The average Bonchev–Trinajstić information content (AvgIpc) is 3.05. The van der Waals surface area contributed by atoms with E-state index in [0.717, 1.165) is 18.2 Å². The molecule has 1 aromatic carbocycles. The van der Waals surface area contributed by atoms with Crippen LogP contribution in [0.4, 0.5) is 14.6 Å². The van der Waals surface area contributed by atoms with Crippen LogP contribution in [0.5, 0.6) is 17.5 Å². The minimum atomic E-state index is -0.806. The van der Waals surface area contributed by atoms with Crippen LogP contribution in [0, 0.1) is 11.6 Å². The Morgan fingerprint density at radius 1 is 1.17 bits per heavy atom. The first-order valence-corrected chi connectivity index (χ1v) is 8.95. The van der Waals surface area contributed by atoms with Crippen LogP contribution in [0.25, 0.3) is 0 Å². The van der Waals surface area contributed by atoms with Crippen LogP contribution in [0.1, 0.15) is 17.3 Å². The SMILES string of the molecule is COC[C@@H](C)Oc1cc(C(=O)Nc2ccn(C)n2)cc(Oc2cc(F)cc(F)c2)n1. The summed E-state index contributed by atoms with van der Waals surface area (Å²) in [4.78, 5) is 16.8.